The van der Waals surface area contributed by atoms with E-state index in [0.717, 1.165) is 43.9 Å². The van der Waals surface area contributed by atoms with Gasteiger partial charge in [0.2, 0.25) is 0 Å². The summed E-state index contributed by atoms with van der Waals surface area (Å²) < 4.78 is 29.1. The zero-order valence-electron chi connectivity index (χ0n) is 16.2. The third-order valence-corrected chi connectivity index (χ3v) is 6.54. The van der Waals surface area contributed by atoms with Crippen molar-refractivity contribution < 1.29 is 8.42 Å². The van der Waals surface area contributed by atoms with Crippen molar-refractivity contribution in [2.24, 2.45) is 10.3 Å². The minimum absolute atomic E-state index is 0.0627. The fraction of sp³-hybridized carbons (Fsp3) is 0.450. The van der Waals surface area contributed by atoms with E-state index < -0.39 is 10.0 Å². The fourth-order valence-electron chi connectivity index (χ4n) is 3.74. The van der Waals surface area contributed by atoms with Crippen molar-refractivity contribution in [1.29, 1.82) is 0 Å². The summed E-state index contributed by atoms with van der Waals surface area (Å²) in [5, 5.41) is 3.25. The van der Waals surface area contributed by atoms with Gasteiger partial charge in [0.05, 0.1) is 5.69 Å². The lowest BCUT2D eigenvalue weighted by atomic mass is 9.96. The largest absolute Gasteiger partial charge is 0.342 e. The molecule has 2 aliphatic heterocycles. The molecule has 7 nitrogen and oxygen atoms in total. The second kappa shape index (κ2) is 7.60. The van der Waals surface area contributed by atoms with Crippen LogP contribution in [-0.4, -0.2) is 42.2 Å². The molecule has 1 saturated heterocycles. The summed E-state index contributed by atoms with van der Waals surface area (Å²) in [6.45, 7) is 6.64. The molecule has 0 saturated carbocycles. The molecule has 2 aromatic rings. The van der Waals surface area contributed by atoms with Gasteiger partial charge in [-0.1, -0.05) is 26.0 Å². The van der Waals surface area contributed by atoms with Crippen LogP contribution in [0.2, 0.25) is 0 Å². The molecule has 1 atom stereocenters. The van der Waals surface area contributed by atoms with Crippen LogP contribution in [0.1, 0.15) is 44.0 Å². The van der Waals surface area contributed by atoms with Crippen molar-refractivity contribution in [1.82, 2.24) is 14.9 Å². The SMILES string of the molecule is CC(C)c1ncc(CN2CCCC(C3=NS(=O)(=O)c4ccccc4N3)C2)cn1. The number of anilines is 1. The zero-order valence-corrected chi connectivity index (χ0v) is 17.0. The average Bonchev–Trinajstić information content (AvgIpc) is 2.68. The lowest BCUT2D eigenvalue weighted by Crippen LogP contribution is -2.41. The van der Waals surface area contributed by atoms with Gasteiger partial charge in [0, 0.05) is 42.9 Å². The van der Waals surface area contributed by atoms with E-state index in [9.17, 15) is 8.42 Å². The van der Waals surface area contributed by atoms with Crippen LogP contribution in [0.4, 0.5) is 5.69 Å². The van der Waals surface area contributed by atoms with E-state index in [-0.39, 0.29) is 10.8 Å². The molecule has 4 rings (SSSR count). The first-order valence-electron chi connectivity index (χ1n) is 9.66. The molecule has 1 unspecified atom stereocenters. The molecule has 28 heavy (non-hydrogen) atoms. The van der Waals surface area contributed by atoms with E-state index in [2.05, 4.69) is 38.4 Å². The third-order valence-electron chi connectivity index (χ3n) is 5.19. The molecule has 0 amide bonds. The fourth-order valence-corrected chi connectivity index (χ4v) is 4.94. The third kappa shape index (κ3) is 3.93. The Morgan fingerprint density at radius 1 is 1.21 bits per heavy atom. The maximum atomic E-state index is 12.5. The van der Waals surface area contributed by atoms with Gasteiger partial charge in [-0.15, -0.1) is 4.40 Å². The second-order valence-corrected chi connectivity index (χ2v) is 9.32. The molecule has 8 heteroatoms. The van der Waals surface area contributed by atoms with E-state index in [0.29, 0.717) is 17.4 Å². The summed E-state index contributed by atoms with van der Waals surface area (Å²) in [4.78, 5) is 11.4. The van der Waals surface area contributed by atoms with Gasteiger partial charge in [0.25, 0.3) is 10.0 Å². The Morgan fingerprint density at radius 2 is 1.96 bits per heavy atom. The molecule has 2 aliphatic rings. The van der Waals surface area contributed by atoms with Gasteiger partial charge in [-0.25, -0.2) is 9.97 Å². The van der Waals surface area contributed by atoms with Crippen molar-refractivity contribution in [2.75, 3.05) is 18.4 Å². The monoisotopic (exact) mass is 399 g/mol. The number of hydrogen-bond donors (Lipinski definition) is 1. The van der Waals surface area contributed by atoms with Crippen molar-refractivity contribution in [3.05, 3.63) is 48.0 Å². The second-order valence-electron chi connectivity index (χ2n) is 7.75. The van der Waals surface area contributed by atoms with E-state index in [1.807, 2.05) is 18.5 Å². The van der Waals surface area contributed by atoms with Crippen molar-refractivity contribution in [3.63, 3.8) is 0 Å². The van der Waals surface area contributed by atoms with Gasteiger partial charge in [0.15, 0.2) is 0 Å². The van der Waals surface area contributed by atoms with Crippen LogP contribution in [0.5, 0.6) is 0 Å². The molecule has 1 fully saturated rings. The molecular formula is C20H25N5O2S. The maximum Gasteiger partial charge on any atom is 0.286 e. The Morgan fingerprint density at radius 3 is 2.71 bits per heavy atom. The van der Waals surface area contributed by atoms with Gasteiger partial charge in [-0.2, -0.15) is 8.42 Å². The Balaban J connectivity index is 1.48. The Kier molecular flexibility index (Phi) is 5.16. The highest BCUT2D eigenvalue weighted by atomic mass is 32.2. The molecule has 1 aromatic heterocycles. The standard InChI is InChI=1S/C20H25N5O2S/c1-14(2)19-21-10-15(11-22-19)12-25-9-5-6-16(13-25)20-23-17-7-3-4-8-18(17)28(26,27)24-20/h3-4,7-8,10-11,14,16H,5-6,9,12-13H2,1-2H3,(H,23,24). The summed E-state index contributed by atoms with van der Waals surface area (Å²) >= 11 is 0. The van der Waals surface area contributed by atoms with Crippen LogP contribution in [0, 0.1) is 5.92 Å². The number of nitrogens with zero attached hydrogens (tertiary/aromatic N) is 4. The zero-order chi connectivity index (χ0) is 19.7. The molecular weight excluding hydrogens is 374 g/mol. The average molecular weight is 400 g/mol. The lowest BCUT2D eigenvalue weighted by Gasteiger charge is -2.34. The summed E-state index contributed by atoms with van der Waals surface area (Å²) in [6, 6.07) is 6.92. The number of para-hydroxylation sites is 1. The van der Waals surface area contributed by atoms with Gasteiger partial charge in [-0.3, -0.25) is 4.90 Å². The minimum Gasteiger partial charge on any atom is -0.342 e. The number of benzene rings is 1. The summed E-state index contributed by atoms with van der Waals surface area (Å²) in [5.74, 6) is 1.78. The molecule has 1 aromatic carbocycles. The van der Waals surface area contributed by atoms with Gasteiger partial charge in [0.1, 0.15) is 16.6 Å². The molecule has 0 bridgehead atoms. The summed E-state index contributed by atoms with van der Waals surface area (Å²) in [6.07, 6.45) is 5.70. The predicted octanol–water partition coefficient (Wildman–Crippen LogP) is 3.02. The van der Waals surface area contributed by atoms with Crippen LogP contribution in [0.3, 0.4) is 0 Å². The predicted molar refractivity (Wildman–Crippen MR) is 109 cm³/mol. The number of hydrogen-bond acceptors (Lipinski definition) is 6. The van der Waals surface area contributed by atoms with E-state index in [1.54, 1.807) is 18.2 Å². The minimum atomic E-state index is -3.64. The Bertz CT molecular complexity index is 986. The van der Waals surface area contributed by atoms with Gasteiger partial charge in [-0.05, 0) is 31.5 Å². The quantitative estimate of drug-likeness (QED) is 0.850. The maximum absolute atomic E-state index is 12.5. The molecule has 1 N–H and O–H groups in total. The molecule has 148 valence electrons. The summed E-state index contributed by atoms with van der Waals surface area (Å²) in [7, 11) is -3.64. The lowest BCUT2D eigenvalue weighted by molar-refractivity contribution is 0.196. The first-order valence-corrected chi connectivity index (χ1v) is 11.1. The number of amidine groups is 1. The normalized spacial score (nSPS) is 21.7. The van der Waals surface area contributed by atoms with Crippen LogP contribution in [-0.2, 0) is 16.6 Å². The Hall–Kier alpha value is -2.32. The summed E-state index contributed by atoms with van der Waals surface area (Å²) in [5.41, 5.74) is 1.68. The topological polar surface area (TPSA) is 87.5 Å². The number of likely N-dealkylation sites (tertiary alicyclic amines) is 1. The van der Waals surface area contributed by atoms with Crippen molar-refractivity contribution >= 4 is 21.5 Å². The number of piperidine rings is 1. The van der Waals surface area contributed by atoms with E-state index in [1.165, 1.54) is 0 Å². The van der Waals surface area contributed by atoms with Crippen LogP contribution in [0.15, 0.2) is 46.0 Å². The number of fused-ring (bicyclic) bond motifs is 1. The van der Waals surface area contributed by atoms with E-state index in [4.69, 9.17) is 0 Å². The van der Waals surface area contributed by atoms with Crippen LogP contribution in [0.25, 0.3) is 0 Å². The highest BCUT2D eigenvalue weighted by Gasteiger charge is 2.31. The molecule has 0 spiro atoms. The number of sulfonamides is 1. The number of rotatable bonds is 4. The molecule has 0 aliphatic carbocycles. The van der Waals surface area contributed by atoms with Crippen LogP contribution < -0.4 is 5.32 Å². The van der Waals surface area contributed by atoms with Gasteiger partial charge < -0.3 is 5.32 Å². The highest BCUT2D eigenvalue weighted by molar-refractivity contribution is 7.90. The van der Waals surface area contributed by atoms with Crippen LogP contribution >= 0.6 is 0 Å². The number of nitrogens with one attached hydrogen (secondary N) is 1. The van der Waals surface area contributed by atoms with Crippen molar-refractivity contribution in [3.8, 4) is 0 Å². The van der Waals surface area contributed by atoms with Crippen molar-refractivity contribution in [2.45, 2.75) is 44.0 Å². The first kappa shape index (κ1) is 19.0. The van der Waals surface area contributed by atoms with Gasteiger partial charge >= 0.3 is 0 Å². The first-order chi connectivity index (χ1) is 13.4. The highest BCUT2D eigenvalue weighted by Crippen LogP contribution is 2.30. The van der Waals surface area contributed by atoms with E-state index >= 15 is 0 Å². The molecule has 0 radical (unpaired) electrons. The Labute approximate surface area is 166 Å². The smallest absolute Gasteiger partial charge is 0.286 e. The molecule has 3 heterocycles. The number of aromatic nitrogens is 2.